The van der Waals surface area contributed by atoms with Crippen molar-refractivity contribution >= 4 is 57.6 Å². The van der Waals surface area contributed by atoms with Gasteiger partial charge >= 0.3 is 5.97 Å². The second-order valence-electron chi connectivity index (χ2n) is 14.4. The lowest BCUT2D eigenvalue weighted by molar-refractivity contribution is -0.139. The molecule has 4 aromatic carbocycles. The summed E-state index contributed by atoms with van der Waals surface area (Å²) in [6.45, 7) is 5.86. The summed E-state index contributed by atoms with van der Waals surface area (Å²) >= 11 is 3.72. The number of esters is 1. The number of rotatable bonds is 26. The minimum absolute atomic E-state index is 0.267. The largest absolute Gasteiger partial charge is 0.462 e. The summed E-state index contributed by atoms with van der Waals surface area (Å²) < 4.78 is 5.23. The molecule has 4 rings (SSSR count). The first-order valence-corrected chi connectivity index (χ1v) is 25.3. The van der Waals surface area contributed by atoms with Crippen molar-refractivity contribution in [3.05, 3.63) is 133 Å². The number of halogens is 1. The summed E-state index contributed by atoms with van der Waals surface area (Å²) in [5, 5.41) is 7.40. The van der Waals surface area contributed by atoms with Crippen LogP contribution in [0.5, 0.6) is 0 Å². The Bertz CT molecular complexity index is 1470. The van der Waals surface area contributed by atoms with Crippen molar-refractivity contribution in [2.24, 2.45) is 0 Å². The predicted molar refractivity (Wildman–Crippen MR) is 237 cm³/mol. The number of ether oxygens (including phenoxy) is 1. The molecular weight excluding hydrogens is 738 g/mol. The molecule has 0 atom stereocenters. The standard InChI is InChI=1S/C47H63BrO2P2/c1-42(2)47(49)50-37-23-8-6-4-3-5-7-9-24-38-51(43-28-14-10-15-29-43,44-30-16-11-17-31-44)40-26-27-41-52(39-25-22-36-48,45-32-18-12-19-33-45)46-34-20-13-21-35-46/h10-21,28-35H,1,3-9,22-27,36-41H2,2H3/q+2. The summed E-state index contributed by atoms with van der Waals surface area (Å²) in [5.41, 5.74) is 0.480. The Balaban J connectivity index is 1.40. The van der Waals surface area contributed by atoms with Crippen LogP contribution in [-0.4, -0.2) is 42.6 Å². The summed E-state index contributed by atoms with van der Waals surface area (Å²) in [7, 11) is -3.12. The number of carbonyl (C=O) groups excluding carboxylic acids is 1. The van der Waals surface area contributed by atoms with E-state index in [9.17, 15) is 4.79 Å². The van der Waals surface area contributed by atoms with Crippen LogP contribution >= 0.6 is 30.5 Å². The molecule has 0 aliphatic rings. The van der Waals surface area contributed by atoms with Crippen molar-refractivity contribution in [1.82, 2.24) is 0 Å². The molecule has 5 heteroatoms. The quantitative estimate of drug-likeness (QED) is 0.0208. The predicted octanol–water partition coefficient (Wildman–Crippen LogP) is 11.9. The van der Waals surface area contributed by atoms with Crippen LogP contribution in [0.2, 0.25) is 0 Å². The summed E-state index contributed by atoms with van der Waals surface area (Å²) in [4.78, 5) is 11.5. The molecule has 0 aliphatic heterocycles. The van der Waals surface area contributed by atoms with Crippen molar-refractivity contribution in [3.8, 4) is 0 Å². The first kappa shape index (κ1) is 42.2. The van der Waals surface area contributed by atoms with E-state index in [1.54, 1.807) is 28.1 Å². The van der Waals surface area contributed by atoms with Crippen LogP contribution in [0.4, 0.5) is 0 Å². The maximum Gasteiger partial charge on any atom is 0.333 e. The molecule has 0 heterocycles. The third-order valence-corrected chi connectivity index (χ3v) is 20.5. The number of hydrogen-bond acceptors (Lipinski definition) is 2. The van der Waals surface area contributed by atoms with Crippen LogP contribution in [0.15, 0.2) is 133 Å². The highest BCUT2D eigenvalue weighted by Gasteiger charge is 2.44. The maximum absolute atomic E-state index is 11.5. The van der Waals surface area contributed by atoms with Crippen molar-refractivity contribution in [1.29, 1.82) is 0 Å². The Kier molecular flexibility index (Phi) is 19.4. The van der Waals surface area contributed by atoms with E-state index in [0.29, 0.717) is 12.2 Å². The van der Waals surface area contributed by atoms with E-state index in [4.69, 9.17) is 4.74 Å². The van der Waals surface area contributed by atoms with E-state index in [1.807, 2.05) is 0 Å². The SMILES string of the molecule is C=C(C)C(=O)OCCCCCCCCCCC[P+](CCCC[P+](CCCCBr)(c1ccccc1)c1ccccc1)(c1ccccc1)c1ccccc1. The van der Waals surface area contributed by atoms with Crippen molar-refractivity contribution in [2.75, 3.05) is 36.6 Å². The first-order valence-electron chi connectivity index (χ1n) is 19.9. The van der Waals surface area contributed by atoms with E-state index < -0.39 is 14.5 Å². The highest BCUT2D eigenvalue weighted by Crippen LogP contribution is 2.60. The van der Waals surface area contributed by atoms with E-state index in [1.165, 1.54) is 95.3 Å². The average molecular weight is 802 g/mol. The van der Waals surface area contributed by atoms with Gasteiger partial charge in [-0.1, -0.05) is 134 Å². The molecule has 52 heavy (non-hydrogen) atoms. The van der Waals surface area contributed by atoms with E-state index in [-0.39, 0.29) is 5.97 Å². The Morgan fingerprint density at radius 2 is 0.769 bits per heavy atom. The lowest BCUT2D eigenvalue weighted by Gasteiger charge is -2.30. The van der Waals surface area contributed by atoms with Gasteiger partial charge in [0.1, 0.15) is 0 Å². The lowest BCUT2D eigenvalue weighted by Crippen LogP contribution is -2.29. The van der Waals surface area contributed by atoms with Gasteiger partial charge in [-0.15, -0.1) is 0 Å². The van der Waals surface area contributed by atoms with E-state index >= 15 is 0 Å². The average Bonchev–Trinajstić information content (AvgIpc) is 3.19. The fourth-order valence-electron chi connectivity index (χ4n) is 7.66. The number of unbranched alkanes of at least 4 members (excludes halogenated alkanes) is 10. The first-order chi connectivity index (χ1) is 25.5. The molecule has 0 unspecified atom stereocenters. The number of carbonyl (C=O) groups is 1. The minimum atomic E-state index is -1.58. The van der Waals surface area contributed by atoms with Gasteiger partial charge in [0.15, 0.2) is 0 Å². The molecule has 0 spiro atoms. The summed E-state index contributed by atoms with van der Waals surface area (Å²) in [6, 6.07) is 46.2. The Morgan fingerprint density at radius 1 is 0.481 bits per heavy atom. The van der Waals surface area contributed by atoms with Gasteiger partial charge in [0.25, 0.3) is 0 Å². The molecule has 0 radical (unpaired) electrons. The molecule has 0 saturated carbocycles. The Hall–Kier alpha value is -2.57. The van der Waals surface area contributed by atoms with E-state index in [2.05, 4.69) is 144 Å². The zero-order valence-corrected chi connectivity index (χ0v) is 35.2. The van der Waals surface area contributed by atoms with Gasteiger partial charge in [-0.05, 0) is 100 Å². The van der Waals surface area contributed by atoms with Gasteiger partial charge < -0.3 is 4.74 Å². The maximum atomic E-state index is 11.5. The smallest absolute Gasteiger partial charge is 0.333 e. The molecule has 0 N–H and O–H groups in total. The van der Waals surface area contributed by atoms with Crippen molar-refractivity contribution in [3.63, 3.8) is 0 Å². The second kappa shape index (κ2) is 24.0. The van der Waals surface area contributed by atoms with E-state index in [0.717, 1.165) is 18.2 Å². The third kappa shape index (κ3) is 13.1. The minimum Gasteiger partial charge on any atom is -0.462 e. The normalized spacial score (nSPS) is 11.7. The molecular formula is C47H63BrO2P2+2. The monoisotopic (exact) mass is 800 g/mol. The Labute approximate surface area is 326 Å². The number of hydrogen-bond donors (Lipinski definition) is 0. The van der Waals surface area contributed by atoms with Gasteiger partial charge in [0.05, 0.1) is 67.0 Å². The number of benzene rings is 4. The summed E-state index contributed by atoms with van der Waals surface area (Å²) in [6.07, 6.45) is 21.3. The third-order valence-electron chi connectivity index (χ3n) is 10.5. The van der Waals surface area contributed by atoms with Crippen molar-refractivity contribution in [2.45, 2.75) is 90.4 Å². The highest BCUT2D eigenvalue weighted by molar-refractivity contribution is 9.09. The number of alkyl halides is 1. The topological polar surface area (TPSA) is 26.3 Å². The fourth-order valence-corrected chi connectivity index (χ4v) is 17.2. The molecule has 4 aromatic rings. The molecule has 0 fully saturated rings. The van der Waals surface area contributed by atoms with Crippen LogP contribution < -0.4 is 21.2 Å². The van der Waals surface area contributed by atoms with Gasteiger partial charge in [-0.25, -0.2) is 4.79 Å². The van der Waals surface area contributed by atoms with Gasteiger partial charge in [0, 0.05) is 10.9 Å². The van der Waals surface area contributed by atoms with Crippen molar-refractivity contribution < 1.29 is 9.53 Å². The fraction of sp³-hybridized carbons (Fsp3) is 0.426. The van der Waals surface area contributed by atoms with Crippen LogP contribution in [0.1, 0.15) is 90.4 Å². The highest BCUT2D eigenvalue weighted by atomic mass is 79.9. The molecule has 0 aliphatic carbocycles. The molecule has 2 nitrogen and oxygen atoms in total. The van der Waals surface area contributed by atoms with Crippen LogP contribution in [0.3, 0.4) is 0 Å². The lowest BCUT2D eigenvalue weighted by atomic mass is 10.1. The zero-order chi connectivity index (χ0) is 36.7. The molecule has 278 valence electrons. The van der Waals surface area contributed by atoms with Crippen LogP contribution in [-0.2, 0) is 9.53 Å². The van der Waals surface area contributed by atoms with Crippen LogP contribution in [0, 0.1) is 0 Å². The second-order valence-corrected chi connectivity index (χ2v) is 22.9. The molecule has 0 amide bonds. The summed E-state index contributed by atoms with van der Waals surface area (Å²) in [5.74, 6) is -0.267. The molecule has 0 bridgehead atoms. The molecule has 0 saturated heterocycles. The van der Waals surface area contributed by atoms with Gasteiger partial charge in [-0.2, -0.15) is 0 Å². The zero-order valence-electron chi connectivity index (χ0n) is 31.8. The van der Waals surface area contributed by atoms with Gasteiger partial charge in [0.2, 0.25) is 0 Å². The van der Waals surface area contributed by atoms with Crippen LogP contribution in [0.25, 0.3) is 0 Å². The molecule has 0 aromatic heterocycles. The Morgan fingerprint density at radius 3 is 1.10 bits per heavy atom. The van der Waals surface area contributed by atoms with Gasteiger partial charge in [-0.3, -0.25) is 0 Å².